The Morgan fingerprint density at radius 1 is 1.69 bits per heavy atom. The molecule has 1 atom stereocenters. The first-order chi connectivity index (χ1) is 7.59. The normalized spacial score (nSPS) is 12.2. The van der Waals surface area contributed by atoms with Gasteiger partial charge in [0.25, 0.3) is 0 Å². The molecule has 5 heteroatoms. The lowest BCUT2D eigenvalue weighted by Gasteiger charge is -2.06. The van der Waals surface area contributed by atoms with Crippen LogP contribution in [0, 0.1) is 0 Å². The number of hydrogen-bond donors (Lipinski definition) is 2. The van der Waals surface area contributed by atoms with Crippen molar-refractivity contribution in [3.8, 4) is 0 Å². The standard InChI is InChI=1S/C11H16ClN3O/c1-8(13)4-2-6-10(16)15-11-9(12)5-3-7-14-11/h3,5,7-8H,2,4,6,13H2,1H3,(H,14,15,16). The van der Waals surface area contributed by atoms with Gasteiger partial charge in [-0.25, -0.2) is 4.98 Å². The molecule has 1 aromatic heterocycles. The lowest BCUT2D eigenvalue weighted by Crippen LogP contribution is -2.17. The van der Waals surface area contributed by atoms with Crippen LogP contribution in [-0.4, -0.2) is 16.9 Å². The van der Waals surface area contributed by atoms with Crippen LogP contribution in [0.15, 0.2) is 18.3 Å². The molecule has 1 unspecified atom stereocenters. The average Bonchev–Trinajstić information content (AvgIpc) is 2.21. The van der Waals surface area contributed by atoms with E-state index in [0.717, 1.165) is 12.8 Å². The number of pyridine rings is 1. The number of nitrogens with two attached hydrogens (primary N) is 1. The number of aromatic nitrogens is 1. The van der Waals surface area contributed by atoms with Crippen LogP contribution in [0.2, 0.25) is 5.02 Å². The summed E-state index contributed by atoms with van der Waals surface area (Å²) < 4.78 is 0. The number of carbonyl (C=O) groups is 1. The Kier molecular flexibility index (Phi) is 5.22. The Balaban J connectivity index is 2.37. The van der Waals surface area contributed by atoms with Crippen molar-refractivity contribution in [1.82, 2.24) is 4.98 Å². The summed E-state index contributed by atoms with van der Waals surface area (Å²) in [4.78, 5) is 15.5. The second-order valence-corrected chi connectivity index (χ2v) is 4.16. The van der Waals surface area contributed by atoms with E-state index in [-0.39, 0.29) is 11.9 Å². The van der Waals surface area contributed by atoms with Crippen LogP contribution in [0.4, 0.5) is 5.82 Å². The van der Waals surface area contributed by atoms with Crippen LogP contribution >= 0.6 is 11.6 Å². The van der Waals surface area contributed by atoms with Crippen molar-refractivity contribution in [3.05, 3.63) is 23.4 Å². The van der Waals surface area contributed by atoms with E-state index in [1.807, 2.05) is 6.92 Å². The van der Waals surface area contributed by atoms with Crippen molar-refractivity contribution in [1.29, 1.82) is 0 Å². The number of nitrogens with zero attached hydrogens (tertiary/aromatic N) is 1. The predicted octanol–water partition coefficient (Wildman–Crippen LogP) is 2.19. The number of halogens is 1. The number of hydrogen-bond acceptors (Lipinski definition) is 3. The van der Waals surface area contributed by atoms with E-state index in [9.17, 15) is 4.79 Å². The molecule has 0 aliphatic heterocycles. The number of nitrogens with one attached hydrogen (secondary N) is 1. The lowest BCUT2D eigenvalue weighted by atomic mass is 10.1. The van der Waals surface area contributed by atoms with Crippen LogP contribution in [0.25, 0.3) is 0 Å². The summed E-state index contributed by atoms with van der Waals surface area (Å²) in [5.74, 6) is 0.330. The monoisotopic (exact) mass is 241 g/mol. The summed E-state index contributed by atoms with van der Waals surface area (Å²) >= 11 is 5.86. The minimum atomic E-state index is -0.0822. The first kappa shape index (κ1) is 12.9. The van der Waals surface area contributed by atoms with E-state index in [1.54, 1.807) is 18.3 Å². The van der Waals surface area contributed by atoms with Crippen LogP contribution in [0.5, 0.6) is 0 Å². The molecule has 0 radical (unpaired) electrons. The van der Waals surface area contributed by atoms with E-state index in [1.165, 1.54) is 0 Å². The zero-order valence-corrected chi connectivity index (χ0v) is 10.00. The molecule has 0 bridgehead atoms. The van der Waals surface area contributed by atoms with Gasteiger partial charge in [-0.2, -0.15) is 0 Å². The number of rotatable bonds is 5. The molecule has 1 rings (SSSR count). The van der Waals surface area contributed by atoms with Gasteiger partial charge in [0.05, 0.1) is 5.02 Å². The second kappa shape index (κ2) is 6.45. The summed E-state index contributed by atoms with van der Waals surface area (Å²) in [6, 6.07) is 3.53. The SMILES string of the molecule is CC(N)CCCC(=O)Nc1ncccc1Cl. The summed E-state index contributed by atoms with van der Waals surface area (Å²) in [5, 5.41) is 3.11. The predicted molar refractivity (Wildman–Crippen MR) is 65.4 cm³/mol. The highest BCUT2D eigenvalue weighted by Gasteiger charge is 2.06. The topological polar surface area (TPSA) is 68.0 Å². The third-order valence-corrected chi connectivity index (χ3v) is 2.38. The van der Waals surface area contributed by atoms with Gasteiger partial charge in [0.1, 0.15) is 0 Å². The molecule has 4 nitrogen and oxygen atoms in total. The summed E-state index contributed by atoms with van der Waals surface area (Å²) in [6.07, 6.45) is 3.63. The Labute approximate surface area is 100 Å². The van der Waals surface area contributed by atoms with Crippen LogP contribution in [0.1, 0.15) is 26.2 Å². The summed E-state index contributed by atoms with van der Waals surface area (Å²) in [6.45, 7) is 1.92. The lowest BCUT2D eigenvalue weighted by molar-refractivity contribution is -0.116. The van der Waals surface area contributed by atoms with Gasteiger partial charge in [-0.05, 0) is 31.9 Å². The number of amides is 1. The van der Waals surface area contributed by atoms with Gasteiger partial charge >= 0.3 is 0 Å². The van der Waals surface area contributed by atoms with Gasteiger partial charge in [0, 0.05) is 18.7 Å². The molecule has 0 spiro atoms. The molecule has 0 saturated heterocycles. The minimum Gasteiger partial charge on any atom is -0.328 e. The summed E-state index contributed by atoms with van der Waals surface area (Å²) in [7, 11) is 0. The average molecular weight is 242 g/mol. The molecule has 0 aromatic carbocycles. The van der Waals surface area contributed by atoms with E-state index in [4.69, 9.17) is 17.3 Å². The van der Waals surface area contributed by atoms with E-state index in [2.05, 4.69) is 10.3 Å². The largest absolute Gasteiger partial charge is 0.328 e. The molecule has 1 aromatic rings. The molecule has 16 heavy (non-hydrogen) atoms. The van der Waals surface area contributed by atoms with Crippen LogP contribution in [0.3, 0.4) is 0 Å². The molecule has 1 heterocycles. The maximum Gasteiger partial charge on any atom is 0.225 e. The van der Waals surface area contributed by atoms with E-state index >= 15 is 0 Å². The van der Waals surface area contributed by atoms with Gasteiger partial charge < -0.3 is 11.1 Å². The molecule has 0 aliphatic carbocycles. The third-order valence-electron chi connectivity index (χ3n) is 2.08. The fraction of sp³-hybridized carbons (Fsp3) is 0.455. The van der Waals surface area contributed by atoms with Crippen LogP contribution in [-0.2, 0) is 4.79 Å². The van der Waals surface area contributed by atoms with Crippen molar-refractivity contribution in [2.45, 2.75) is 32.2 Å². The molecule has 88 valence electrons. The molecule has 0 saturated carbocycles. The summed E-state index contributed by atoms with van der Waals surface area (Å²) in [5.41, 5.74) is 5.59. The number of carbonyl (C=O) groups excluding carboxylic acids is 1. The van der Waals surface area contributed by atoms with Crippen molar-refractivity contribution < 1.29 is 4.79 Å². The van der Waals surface area contributed by atoms with Crippen molar-refractivity contribution in [3.63, 3.8) is 0 Å². The highest BCUT2D eigenvalue weighted by molar-refractivity contribution is 6.33. The Morgan fingerprint density at radius 3 is 3.06 bits per heavy atom. The maximum absolute atomic E-state index is 11.5. The van der Waals surface area contributed by atoms with Crippen molar-refractivity contribution in [2.24, 2.45) is 5.73 Å². The molecular weight excluding hydrogens is 226 g/mol. The Hall–Kier alpha value is -1.13. The highest BCUT2D eigenvalue weighted by Crippen LogP contribution is 2.17. The molecule has 1 amide bonds. The fourth-order valence-electron chi connectivity index (χ4n) is 1.26. The minimum absolute atomic E-state index is 0.0822. The van der Waals surface area contributed by atoms with Gasteiger partial charge in [0.15, 0.2) is 5.82 Å². The van der Waals surface area contributed by atoms with Gasteiger partial charge in [0.2, 0.25) is 5.91 Å². The van der Waals surface area contributed by atoms with Crippen molar-refractivity contribution in [2.75, 3.05) is 5.32 Å². The molecule has 0 fully saturated rings. The van der Waals surface area contributed by atoms with Gasteiger partial charge in [-0.1, -0.05) is 11.6 Å². The van der Waals surface area contributed by atoms with Crippen LogP contribution < -0.4 is 11.1 Å². The van der Waals surface area contributed by atoms with Gasteiger partial charge in [-0.3, -0.25) is 4.79 Å². The fourth-order valence-corrected chi connectivity index (χ4v) is 1.43. The maximum atomic E-state index is 11.5. The van der Waals surface area contributed by atoms with Crippen molar-refractivity contribution >= 4 is 23.3 Å². The van der Waals surface area contributed by atoms with E-state index in [0.29, 0.717) is 17.3 Å². The van der Waals surface area contributed by atoms with E-state index < -0.39 is 0 Å². The zero-order chi connectivity index (χ0) is 12.0. The molecule has 0 aliphatic rings. The third kappa shape index (κ3) is 4.59. The zero-order valence-electron chi connectivity index (χ0n) is 9.24. The molecular formula is C11H16ClN3O. The quantitative estimate of drug-likeness (QED) is 0.830. The molecule has 3 N–H and O–H groups in total. The Bertz CT molecular complexity index is 355. The number of anilines is 1. The first-order valence-electron chi connectivity index (χ1n) is 5.25. The Morgan fingerprint density at radius 2 is 2.44 bits per heavy atom. The second-order valence-electron chi connectivity index (χ2n) is 3.75. The first-order valence-corrected chi connectivity index (χ1v) is 5.63. The van der Waals surface area contributed by atoms with Gasteiger partial charge in [-0.15, -0.1) is 0 Å². The smallest absolute Gasteiger partial charge is 0.225 e. The highest BCUT2D eigenvalue weighted by atomic mass is 35.5.